The number of benzene rings is 6. The summed E-state index contributed by atoms with van der Waals surface area (Å²) in [6.07, 6.45) is -0.256. The number of aromatic carboxylic acids is 1. The normalized spacial score (nSPS) is 9.87. The topological polar surface area (TPSA) is 370 Å². The standard InChI is InChI=1S/C13H13N3O2S.C12H13BrO4.C12H14O4.C11H8N2O2S.C11H9NO3S.C10H6N2O2S.C3H8N.CH2Cl2.4CH4.BBr3.BHNS.ClH/c1-16(2)6-9-14-11-10-7(4-3-5-8(10)17)12(18)15-13(11)19-9;1-3-17-12(15)10(13)11(14)8-6-4-5-7-9(8)16-2;1-3-16-12(14)8-10(13)9-6-4-5-7-11(9)15-2;1-15-7-4-2-3-6-8(7)9-11(13-10(6)14)16-5-12-9;1-15-8-5-3-2-4-7(8)9-10(11(13)14)16-6-12-9;13-6-3-1-2-5-7(6)8-10(12-9(5)14)15-4-11-8;1-4(2)3;2-1-3;;;;;2-1(3)4;1-2-3;/h3-5,17H,6H2,1-2H3,(H,15,18);4-7,10H,3H2,1-2H3;4-7H,3,8H2,1-2H3;2-5H,1H3,(H,13,14);2-6H,1H3,(H,13,14);1-4,13H,(H,12,14);1H2,2-3H3;1H2;4*1H4;;3H;1H/q;;;;;;+1;;;;;;;;/p-1. The average molecular weight is 2040 g/mol. The number of carboxylic acid groups (broad SMARTS) is 1. The molecule has 1 radical (unpaired) electrons. The smallest absolute Gasteiger partial charge is 1.00 e. The molecule has 0 fully saturated rings. The first-order valence-electron chi connectivity index (χ1n) is 32.4. The molecule has 6 aromatic carbocycles. The number of Topliss-reactive ketones (excluding diaryl/α,β-unsaturated/α-hetero) is 2. The van der Waals surface area contributed by atoms with Crippen molar-refractivity contribution in [1.29, 1.82) is 0 Å². The van der Waals surface area contributed by atoms with Gasteiger partial charge in [0.1, 0.15) is 103 Å². The van der Waals surface area contributed by atoms with Gasteiger partial charge in [-0.05, 0) is 101 Å². The van der Waals surface area contributed by atoms with Gasteiger partial charge in [-0.1, -0.05) is 112 Å². The summed E-state index contributed by atoms with van der Waals surface area (Å²) in [5.41, 5.74) is 8.38. The van der Waals surface area contributed by atoms with Crippen molar-refractivity contribution in [2.24, 2.45) is 4.30 Å². The third kappa shape index (κ3) is 33.6. The minimum atomic E-state index is -1.00. The predicted molar refractivity (Wildman–Crippen MR) is 499 cm³/mol. The molecule has 0 aliphatic carbocycles. The Morgan fingerprint density at radius 1 is 0.619 bits per heavy atom. The van der Waals surface area contributed by atoms with E-state index in [1.165, 1.54) is 53.7 Å². The molecule has 635 valence electrons. The van der Waals surface area contributed by atoms with E-state index in [-0.39, 0.29) is 115 Å². The molecular formula is C77H90B2Br4Cl3N10O17S5. The third-order valence-electron chi connectivity index (χ3n) is 14.0. The van der Waals surface area contributed by atoms with Crippen molar-refractivity contribution in [3.63, 3.8) is 0 Å². The summed E-state index contributed by atoms with van der Waals surface area (Å²) >= 11 is 30.4. The molecule has 0 aliphatic heterocycles. The first kappa shape index (κ1) is 112. The van der Waals surface area contributed by atoms with Gasteiger partial charge in [0.25, 0.3) is 16.7 Å². The van der Waals surface area contributed by atoms with Crippen LogP contribution in [0.25, 0.3) is 74.6 Å². The molecule has 13 aromatic rings. The van der Waals surface area contributed by atoms with Gasteiger partial charge in [-0.25, -0.2) is 29.3 Å². The van der Waals surface area contributed by atoms with Gasteiger partial charge in [-0.2, -0.15) is 0 Å². The first-order chi connectivity index (χ1) is 54.0. The van der Waals surface area contributed by atoms with Crippen LogP contribution in [0.2, 0.25) is 0 Å². The van der Waals surface area contributed by atoms with Crippen LogP contribution in [-0.4, -0.2) is 187 Å². The number of thiol groups is 1. The fourth-order valence-electron chi connectivity index (χ4n) is 9.64. The molecule has 0 saturated heterocycles. The number of halogens is 7. The number of H-pyrrole nitrogens is 3. The van der Waals surface area contributed by atoms with Crippen LogP contribution in [0.15, 0.2) is 163 Å². The molecule has 7 aromatic heterocycles. The number of aromatic amines is 3. The van der Waals surface area contributed by atoms with Gasteiger partial charge < -0.3 is 76.0 Å². The number of hydrogen-bond donors (Lipinski definition) is 7. The number of carboxylic acids is 1. The van der Waals surface area contributed by atoms with Gasteiger partial charge in [-0.15, -0.1) is 104 Å². The van der Waals surface area contributed by atoms with Crippen molar-refractivity contribution in [3.8, 4) is 45.8 Å². The minimum absolute atomic E-state index is 0. The number of esters is 2. The van der Waals surface area contributed by atoms with E-state index in [0.29, 0.717) is 99.6 Å². The molecule has 0 amide bonds. The predicted octanol–water partition coefficient (Wildman–Crippen LogP) is 15.7. The van der Waals surface area contributed by atoms with Crippen LogP contribution in [0.3, 0.4) is 0 Å². The maximum absolute atomic E-state index is 12.0. The fourth-order valence-corrected chi connectivity index (χ4v) is 13.1. The van der Waals surface area contributed by atoms with Crippen molar-refractivity contribution in [2.45, 2.75) is 61.3 Å². The molecule has 13 rings (SSSR count). The maximum atomic E-state index is 12.0. The van der Waals surface area contributed by atoms with Gasteiger partial charge in [0, 0.05) is 12.1 Å². The SMILES string of the molecule is BrB(Br)Br.C.C.C.C.C=[N+](C)C.CCOC(=O)C(Br)C(=O)c1ccccc1OC.CCOC(=O)CC(=O)c1ccccc1OC.CN(C)Cc1nc2c([nH]c(=O)c3cccc(O)c32)s1.COc1cccc2c(=O)[nH]c3scnc3c12.COc1ccccc1-c1ncsc1C(=O)O.ClCCl.O=c1[nH]c2scnc2c2c(O)cccc12.[B]=NS.[Cl-]. The van der Waals surface area contributed by atoms with Gasteiger partial charge in [0.2, 0.25) is 0 Å². The summed E-state index contributed by atoms with van der Waals surface area (Å²) in [6.45, 7) is 8.07. The van der Waals surface area contributed by atoms with E-state index >= 15 is 0 Å². The molecule has 1 atom stereocenters. The molecule has 0 bridgehead atoms. The zero-order valence-corrected chi connectivity index (χ0v) is 75.0. The van der Waals surface area contributed by atoms with E-state index in [4.69, 9.17) is 56.7 Å². The van der Waals surface area contributed by atoms with E-state index in [2.05, 4.69) is 130 Å². The summed E-state index contributed by atoms with van der Waals surface area (Å²) in [7, 11) is 18.1. The molecule has 6 N–H and O–H groups in total. The first-order valence-corrected chi connectivity index (χ1v) is 41.0. The second-order valence-electron chi connectivity index (χ2n) is 22.1. The number of aromatic hydroxyl groups is 2. The van der Waals surface area contributed by atoms with Crippen LogP contribution in [0, 0.1) is 0 Å². The summed E-state index contributed by atoms with van der Waals surface area (Å²) in [6, 6.07) is 36.0. The number of pyridine rings is 3. The van der Waals surface area contributed by atoms with Gasteiger partial charge in [-0.3, -0.25) is 33.6 Å². The number of rotatable bonds is 16. The Hall–Kier alpha value is -8.50. The molecule has 118 heavy (non-hydrogen) atoms. The molecule has 0 aliphatic rings. The number of para-hydroxylation sites is 3. The number of phenolic OH excluding ortho intramolecular Hbond substituents is 2. The van der Waals surface area contributed by atoms with E-state index in [1.54, 1.807) is 153 Å². The summed E-state index contributed by atoms with van der Waals surface area (Å²) in [4.78, 5) is 122. The zero-order chi connectivity index (χ0) is 84.0. The van der Waals surface area contributed by atoms with Crippen LogP contribution in [0.1, 0.15) is 85.4 Å². The number of alkyl halides is 3. The van der Waals surface area contributed by atoms with Crippen LogP contribution >= 0.6 is 145 Å². The van der Waals surface area contributed by atoms with Gasteiger partial charge in [0.05, 0.1) is 113 Å². The Bertz CT molecular complexity index is 5540. The van der Waals surface area contributed by atoms with E-state index in [9.17, 15) is 48.6 Å². The molecule has 0 spiro atoms. The Kier molecular flexibility index (Phi) is 55.2. The van der Waals surface area contributed by atoms with Gasteiger partial charge >= 0.3 is 45.8 Å². The van der Waals surface area contributed by atoms with Crippen molar-refractivity contribution in [1.82, 2.24) is 39.8 Å². The number of ketones is 2. The van der Waals surface area contributed by atoms with Crippen LogP contribution in [0.4, 0.5) is 0 Å². The average Bonchev–Trinajstić information content (AvgIpc) is 1.57. The number of carbonyl (C=O) groups excluding carboxylic acids is 4. The van der Waals surface area contributed by atoms with E-state index < -0.39 is 22.7 Å². The fraction of sp³-hybridized carbons (Fsp3) is 0.260. The largest absolute Gasteiger partial charge is 1.00 e. The molecule has 1 unspecified atom stereocenters. The number of nitrogens with one attached hydrogen (secondary N) is 3. The molecule has 41 heteroatoms. The Labute approximate surface area is 755 Å². The molecule has 27 nitrogen and oxygen atoms in total. The van der Waals surface area contributed by atoms with Crippen LogP contribution < -0.4 is 48.0 Å². The summed E-state index contributed by atoms with van der Waals surface area (Å²) in [5.74, 6) is -0.356. The van der Waals surface area contributed by atoms with Crippen molar-refractivity contribution < 1.29 is 84.7 Å². The number of fused-ring (bicyclic) bond motifs is 9. The molecule has 0 saturated carbocycles. The number of aromatic nitrogens is 7. The van der Waals surface area contributed by atoms with E-state index in [0.717, 1.165) is 32.1 Å². The Balaban J connectivity index is 0. The number of methoxy groups -OCH3 is 4. The van der Waals surface area contributed by atoms with Crippen molar-refractivity contribution >= 4 is 255 Å². The number of carbonyl (C=O) groups is 5. The number of hydrogen-bond acceptors (Lipinski definition) is 27. The Morgan fingerprint density at radius 3 is 1.47 bits per heavy atom. The van der Waals surface area contributed by atoms with E-state index in [1.807, 2.05) is 51.3 Å². The second-order valence-corrected chi connectivity index (χ2v) is 34.1. The molecule has 7 heterocycles. The summed E-state index contributed by atoms with van der Waals surface area (Å²) < 4.78 is 34.7. The number of phenols is 2. The number of thiazole rings is 4. The Morgan fingerprint density at radius 2 is 1.01 bits per heavy atom. The third-order valence-corrected chi connectivity index (χ3v) is 18.0. The van der Waals surface area contributed by atoms with Crippen molar-refractivity contribution in [2.75, 3.05) is 75.2 Å². The number of ether oxygens (including phenoxy) is 6. The number of nitrogens with zero attached hydrogens (tertiary/aromatic N) is 7. The zero-order valence-electron chi connectivity index (χ0n) is 62.2. The van der Waals surface area contributed by atoms with Gasteiger partial charge in [0.15, 0.2) is 16.4 Å². The second kappa shape index (κ2) is 58.4. The van der Waals surface area contributed by atoms with Crippen LogP contribution in [0.5, 0.6) is 34.5 Å². The summed E-state index contributed by atoms with van der Waals surface area (Å²) in [5, 5.41) is 33.2. The molecular weight excluding hydrogens is 1940 g/mol. The minimum Gasteiger partial charge on any atom is -1.00 e. The maximum Gasteiger partial charge on any atom is -1.00 e. The van der Waals surface area contributed by atoms with Crippen LogP contribution in [-0.2, 0) is 25.6 Å². The van der Waals surface area contributed by atoms with Crippen molar-refractivity contribution in [3.05, 3.63) is 196 Å². The quantitative estimate of drug-likeness (QED) is 0.00690. The monoisotopic (exact) mass is 2030 g/mol.